The van der Waals surface area contributed by atoms with E-state index in [1.807, 2.05) is 35.6 Å². The molecule has 0 saturated heterocycles. The summed E-state index contributed by atoms with van der Waals surface area (Å²) in [5, 5.41) is 7.13. The summed E-state index contributed by atoms with van der Waals surface area (Å²) >= 11 is 1.85. The fraction of sp³-hybridized carbons (Fsp3) is 0. The predicted octanol–water partition coefficient (Wildman–Crippen LogP) is 16.3. The second-order valence-corrected chi connectivity index (χ2v) is 16.0. The van der Waals surface area contributed by atoms with Crippen molar-refractivity contribution >= 4 is 92.4 Å². The molecule has 0 N–H and O–H groups in total. The molecule has 0 fully saturated rings. The molecule has 0 aliphatic heterocycles. The molecule has 0 aliphatic rings. The van der Waals surface area contributed by atoms with Crippen molar-refractivity contribution in [2.45, 2.75) is 0 Å². The van der Waals surface area contributed by atoms with Gasteiger partial charge in [-0.3, -0.25) is 0 Å². The second-order valence-electron chi connectivity index (χ2n) is 14.9. The zero-order chi connectivity index (χ0) is 38.2. The van der Waals surface area contributed by atoms with Gasteiger partial charge in [-0.05, 0) is 124 Å². The van der Waals surface area contributed by atoms with E-state index >= 15 is 0 Å². The lowest BCUT2D eigenvalue weighted by molar-refractivity contribution is 0.668. The number of nitrogens with zero attached hydrogens (tertiary/aromatic N) is 1. The first-order valence-corrected chi connectivity index (χ1v) is 20.4. The fourth-order valence-electron chi connectivity index (χ4n) is 8.59. The molecule has 12 rings (SSSR count). The topological polar surface area (TPSA) is 29.5 Å². The van der Waals surface area contributed by atoms with Crippen LogP contribution in [0.4, 0.5) is 17.1 Å². The smallest absolute Gasteiger partial charge is 0.135 e. The van der Waals surface area contributed by atoms with E-state index in [9.17, 15) is 0 Å². The van der Waals surface area contributed by atoms with E-state index in [2.05, 4.69) is 181 Å². The highest BCUT2D eigenvalue weighted by Crippen LogP contribution is 2.41. The lowest BCUT2D eigenvalue weighted by Crippen LogP contribution is -2.10. The van der Waals surface area contributed by atoms with Crippen molar-refractivity contribution in [1.82, 2.24) is 0 Å². The number of para-hydroxylation sites is 2. The normalized spacial score (nSPS) is 11.8. The Morgan fingerprint density at radius 3 is 1.34 bits per heavy atom. The van der Waals surface area contributed by atoms with Crippen LogP contribution in [0.15, 0.2) is 209 Å². The van der Waals surface area contributed by atoms with E-state index in [0.29, 0.717) is 0 Å². The second kappa shape index (κ2) is 13.1. The maximum absolute atomic E-state index is 6.16. The first-order chi connectivity index (χ1) is 28.7. The molecule has 0 atom stereocenters. The molecule has 0 aliphatic carbocycles. The lowest BCUT2D eigenvalue weighted by atomic mass is 10.00. The first-order valence-electron chi connectivity index (χ1n) is 19.6. The van der Waals surface area contributed by atoms with Gasteiger partial charge in [-0.1, -0.05) is 109 Å². The molecule has 3 nitrogen and oxygen atoms in total. The molecule has 0 spiro atoms. The number of furan rings is 2. The van der Waals surface area contributed by atoms with Gasteiger partial charge in [0.25, 0.3) is 0 Å². The Hall–Kier alpha value is -7.40. The van der Waals surface area contributed by atoms with Crippen LogP contribution in [0, 0.1) is 0 Å². The zero-order valence-corrected chi connectivity index (χ0v) is 32.0. The molecule has 0 saturated carbocycles. The number of hydrogen-bond donors (Lipinski definition) is 0. The first kappa shape index (κ1) is 32.8. The SMILES string of the molecule is c1cc(-c2ccc3oc4ccccc4c3c2)cc(N(c2ccc(-c3ccc4oc5ccccc5c4c3)cc2)c2ccc(-c3ccc4sc5ccccc5c4c3)cc2)c1. The fourth-order valence-corrected chi connectivity index (χ4v) is 9.68. The Morgan fingerprint density at radius 2 is 0.724 bits per heavy atom. The van der Waals surface area contributed by atoms with Gasteiger partial charge in [0.1, 0.15) is 22.3 Å². The van der Waals surface area contributed by atoms with Gasteiger partial charge in [0.2, 0.25) is 0 Å². The van der Waals surface area contributed by atoms with E-state index in [1.54, 1.807) is 0 Å². The van der Waals surface area contributed by atoms with E-state index in [0.717, 1.165) is 83.2 Å². The summed E-state index contributed by atoms with van der Waals surface area (Å²) < 4.78 is 14.9. The lowest BCUT2D eigenvalue weighted by Gasteiger charge is -2.26. The largest absolute Gasteiger partial charge is 0.456 e. The molecule has 3 heterocycles. The highest BCUT2D eigenvalue weighted by Gasteiger charge is 2.17. The van der Waals surface area contributed by atoms with Crippen LogP contribution in [0.25, 0.3) is 97.4 Å². The highest BCUT2D eigenvalue weighted by molar-refractivity contribution is 7.25. The van der Waals surface area contributed by atoms with Crippen molar-refractivity contribution < 1.29 is 8.83 Å². The van der Waals surface area contributed by atoms with Crippen LogP contribution in [-0.4, -0.2) is 0 Å². The van der Waals surface area contributed by atoms with Crippen molar-refractivity contribution in [2.75, 3.05) is 4.90 Å². The molecule has 9 aromatic carbocycles. The Kier molecular flexibility index (Phi) is 7.40. The highest BCUT2D eigenvalue weighted by atomic mass is 32.1. The molecule has 0 amide bonds. The van der Waals surface area contributed by atoms with Gasteiger partial charge in [-0.25, -0.2) is 0 Å². The summed E-state index contributed by atoms with van der Waals surface area (Å²) in [5.41, 5.74) is 13.8. The number of anilines is 3. The third kappa shape index (κ3) is 5.42. The molecule has 0 bridgehead atoms. The third-order valence-electron chi connectivity index (χ3n) is 11.5. The van der Waals surface area contributed by atoms with Gasteiger partial charge in [0.05, 0.1) is 0 Å². The summed E-state index contributed by atoms with van der Waals surface area (Å²) in [5.74, 6) is 0. The third-order valence-corrected chi connectivity index (χ3v) is 12.6. The minimum absolute atomic E-state index is 0.898. The monoisotopic (exact) mass is 759 g/mol. The van der Waals surface area contributed by atoms with Crippen molar-refractivity contribution in [3.63, 3.8) is 0 Å². The molecule has 272 valence electrons. The molecule has 0 radical (unpaired) electrons. The van der Waals surface area contributed by atoms with Crippen LogP contribution in [-0.2, 0) is 0 Å². The average Bonchev–Trinajstić information content (AvgIpc) is 3.98. The summed E-state index contributed by atoms with van der Waals surface area (Å²) in [4.78, 5) is 2.35. The summed E-state index contributed by atoms with van der Waals surface area (Å²) in [6.45, 7) is 0. The van der Waals surface area contributed by atoms with Crippen molar-refractivity contribution in [3.05, 3.63) is 200 Å². The van der Waals surface area contributed by atoms with Crippen LogP contribution in [0.5, 0.6) is 0 Å². The number of hydrogen-bond acceptors (Lipinski definition) is 4. The van der Waals surface area contributed by atoms with Crippen molar-refractivity contribution in [3.8, 4) is 33.4 Å². The van der Waals surface area contributed by atoms with Crippen LogP contribution in [0.3, 0.4) is 0 Å². The van der Waals surface area contributed by atoms with Crippen LogP contribution >= 0.6 is 11.3 Å². The maximum atomic E-state index is 6.16. The molecular weight excluding hydrogens is 727 g/mol. The summed E-state index contributed by atoms with van der Waals surface area (Å²) in [6.07, 6.45) is 0. The van der Waals surface area contributed by atoms with Gasteiger partial charge >= 0.3 is 0 Å². The van der Waals surface area contributed by atoms with Gasteiger partial charge in [-0.2, -0.15) is 0 Å². The van der Waals surface area contributed by atoms with E-state index < -0.39 is 0 Å². The number of benzene rings is 9. The quantitative estimate of drug-likeness (QED) is 0.169. The maximum Gasteiger partial charge on any atom is 0.135 e. The molecular formula is C54H33NO2S. The Labute approximate surface area is 338 Å². The van der Waals surface area contributed by atoms with Crippen LogP contribution in [0.2, 0.25) is 0 Å². The van der Waals surface area contributed by atoms with Crippen molar-refractivity contribution in [2.24, 2.45) is 0 Å². The standard InChI is InChI=1S/C54H33NO2S/c1-4-13-49-43(10-1)46-31-37(20-27-51(46)56-49)34-16-23-40(24-17-34)55(41-25-18-35(19-26-41)38-22-29-54-48(33-38)45-12-3-6-15-53(45)58-54)42-9-7-8-36(30-42)39-21-28-52-47(32-39)44-11-2-5-14-50(44)57-52/h1-33H. The van der Waals surface area contributed by atoms with Gasteiger partial charge < -0.3 is 13.7 Å². The molecule has 4 heteroatoms. The van der Waals surface area contributed by atoms with Crippen LogP contribution in [0.1, 0.15) is 0 Å². The zero-order valence-electron chi connectivity index (χ0n) is 31.2. The number of fused-ring (bicyclic) bond motifs is 9. The molecule has 3 aromatic heterocycles. The van der Waals surface area contributed by atoms with E-state index in [-0.39, 0.29) is 0 Å². The molecule has 58 heavy (non-hydrogen) atoms. The minimum atomic E-state index is 0.898. The Balaban J connectivity index is 0.950. The molecule has 0 unspecified atom stereocenters. The number of rotatable bonds is 6. The summed E-state index contributed by atoms with van der Waals surface area (Å²) in [6, 6.07) is 71.7. The van der Waals surface area contributed by atoms with E-state index in [4.69, 9.17) is 8.83 Å². The minimum Gasteiger partial charge on any atom is -0.456 e. The van der Waals surface area contributed by atoms with E-state index in [1.165, 1.54) is 31.3 Å². The van der Waals surface area contributed by atoms with Crippen LogP contribution < -0.4 is 4.90 Å². The van der Waals surface area contributed by atoms with Gasteiger partial charge in [0, 0.05) is 58.8 Å². The Bertz CT molecular complexity index is 3360. The predicted molar refractivity (Wildman–Crippen MR) is 245 cm³/mol. The molecule has 12 aromatic rings. The number of thiophene rings is 1. The Morgan fingerprint density at radius 1 is 0.276 bits per heavy atom. The van der Waals surface area contributed by atoms with Gasteiger partial charge in [-0.15, -0.1) is 11.3 Å². The average molecular weight is 760 g/mol. The van der Waals surface area contributed by atoms with Gasteiger partial charge in [0.15, 0.2) is 0 Å². The van der Waals surface area contributed by atoms with Crippen molar-refractivity contribution in [1.29, 1.82) is 0 Å². The summed E-state index contributed by atoms with van der Waals surface area (Å²) in [7, 11) is 0.